The second kappa shape index (κ2) is 11.8. The minimum absolute atomic E-state index is 0. The standard InChI is InChI=1S/C22H34N4O.HI/c1-3-23-21(25-20-11-7-8-12-20)24-17-22(13-15-27-16-14-22)26-18(2)19-9-5-4-6-10-19;/h4-10,18,20,26H,3,11-17H2,1-2H3,(H2,23,24,25);1H. The molecule has 0 bridgehead atoms. The number of aliphatic imine (C=N–C) groups is 1. The van der Waals surface area contributed by atoms with Gasteiger partial charge in [-0.25, -0.2) is 0 Å². The summed E-state index contributed by atoms with van der Waals surface area (Å²) in [4.78, 5) is 4.97. The molecule has 0 amide bonds. The molecule has 1 heterocycles. The summed E-state index contributed by atoms with van der Waals surface area (Å²) in [5, 5.41) is 10.9. The van der Waals surface area contributed by atoms with Gasteiger partial charge in [0.25, 0.3) is 0 Å². The summed E-state index contributed by atoms with van der Waals surface area (Å²) in [7, 11) is 0. The van der Waals surface area contributed by atoms with Crippen molar-refractivity contribution in [1.29, 1.82) is 0 Å². The summed E-state index contributed by atoms with van der Waals surface area (Å²) < 4.78 is 5.65. The van der Waals surface area contributed by atoms with Crippen molar-refractivity contribution >= 4 is 29.9 Å². The molecule has 156 valence electrons. The predicted octanol–water partition coefficient (Wildman–Crippen LogP) is 3.78. The fraction of sp³-hybridized carbons (Fsp3) is 0.591. The molecule has 1 fully saturated rings. The average molecular weight is 498 g/mol. The van der Waals surface area contributed by atoms with Crippen LogP contribution in [0, 0.1) is 0 Å². The molecule has 6 heteroatoms. The van der Waals surface area contributed by atoms with Gasteiger partial charge in [-0.15, -0.1) is 24.0 Å². The molecule has 5 nitrogen and oxygen atoms in total. The van der Waals surface area contributed by atoms with Crippen LogP contribution in [0.15, 0.2) is 47.5 Å². The van der Waals surface area contributed by atoms with Crippen molar-refractivity contribution in [1.82, 2.24) is 16.0 Å². The van der Waals surface area contributed by atoms with Gasteiger partial charge in [0, 0.05) is 37.4 Å². The van der Waals surface area contributed by atoms with Gasteiger partial charge in [-0.2, -0.15) is 0 Å². The molecule has 2 aliphatic rings. The van der Waals surface area contributed by atoms with E-state index in [4.69, 9.17) is 9.73 Å². The van der Waals surface area contributed by atoms with Gasteiger partial charge in [0.1, 0.15) is 0 Å². The van der Waals surface area contributed by atoms with Crippen molar-refractivity contribution in [2.24, 2.45) is 4.99 Å². The first-order chi connectivity index (χ1) is 13.2. The number of benzene rings is 1. The van der Waals surface area contributed by atoms with E-state index < -0.39 is 0 Å². The number of halogens is 1. The van der Waals surface area contributed by atoms with Crippen LogP contribution < -0.4 is 16.0 Å². The van der Waals surface area contributed by atoms with Gasteiger partial charge in [-0.05, 0) is 45.1 Å². The Hall–Kier alpha value is -1.12. The maximum atomic E-state index is 5.65. The Morgan fingerprint density at radius 2 is 1.86 bits per heavy atom. The summed E-state index contributed by atoms with van der Waals surface area (Å²) in [6.07, 6.45) is 8.60. The van der Waals surface area contributed by atoms with Gasteiger partial charge in [0.05, 0.1) is 6.54 Å². The lowest BCUT2D eigenvalue weighted by molar-refractivity contribution is 0.0374. The molecule has 0 saturated carbocycles. The summed E-state index contributed by atoms with van der Waals surface area (Å²) in [5.41, 5.74) is 1.29. The van der Waals surface area contributed by atoms with Crippen molar-refractivity contribution in [2.75, 3.05) is 26.3 Å². The minimum atomic E-state index is -0.0240. The second-order valence-corrected chi connectivity index (χ2v) is 7.65. The Morgan fingerprint density at radius 3 is 2.50 bits per heavy atom. The van der Waals surface area contributed by atoms with E-state index in [0.717, 1.165) is 57.9 Å². The fourth-order valence-electron chi connectivity index (χ4n) is 3.87. The van der Waals surface area contributed by atoms with Gasteiger partial charge in [0.15, 0.2) is 5.96 Å². The average Bonchev–Trinajstić information content (AvgIpc) is 3.21. The number of nitrogens with zero attached hydrogens (tertiary/aromatic N) is 1. The zero-order valence-corrected chi connectivity index (χ0v) is 19.4. The summed E-state index contributed by atoms with van der Waals surface area (Å²) in [6.45, 7) is 7.56. The van der Waals surface area contributed by atoms with E-state index in [0.29, 0.717) is 6.04 Å². The third-order valence-electron chi connectivity index (χ3n) is 5.50. The monoisotopic (exact) mass is 498 g/mol. The van der Waals surface area contributed by atoms with Crippen LogP contribution in [0.3, 0.4) is 0 Å². The smallest absolute Gasteiger partial charge is 0.191 e. The van der Waals surface area contributed by atoms with Crippen LogP contribution in [0.1, 0.15) is 51.1 Å². The Bertz CT molecular complexity index is 621. The zero-order valence-electron chi connectivity index (χ0n) is 17.1. The van der Waals surface area contributed by atoms with Gasteiger partial charge < -0.3 is 20.7 Å². The number of ether oxygens (including phenoxy) is 1. The molecule has 1 unspecified atom stereocenters. The molecule has 1 aliphatic heterocycles. The zero-order chi connectivity index (χ0) is 19.0. The third-order valence-corrected chi connectivity index (χ3v) is 5.50. The van der Waals surface area contributed by atoms with E-state index in [9.17, 15) is 0 Å². The summed E-state index contributed by atoms with van der Waals surface area (Å²) >= 11 is 0. The lowest BCUT2D eigenvalue weighted by Gasteiger charge is -2.39. The highest BCUT2D eigenvalue weighted by molar-refractivity contribution is 14.0. The van der Waals surface area contributed by atoms with Gasteiger partial charge in [-0.1, -0.05) is 42.5 Å². The molecule has 1 aromatic rings. The maximum absolute atomic E-state index is 5.65. The summed E-state index contributed by atoms with van der Waals surface area (Å²) in [5.74, 6) is 0.922. The van der Waals surface area contributed by atoms with E-state index >= 15 is 0 Å². The highest BCUT2D eigenvalue weighted by Crippen LogP contribution is 2.26. The molecule has 3 rings (SSSR count). The Kier molecular flexibility index (Phi) is 9.74. The predicted molar refractivity (Wildman–Crippen MR) is 127 cm³/mol. The van der Waals surface area contributed by atoms with Gasteiger partial charge in [-0.3, -0.25) is 4.99 Å². The number of hydrogen-bond donors (Lipinski definition) is 3. The molecule has 28 heavy (non-hydrogen) atoms. The van der Waals surface area contributed by atoms with E-state index in [1.165, 1.54) is 5.56 Å². The normalized spacial score (nSPS) is 20.4. The van der Waals surface area contributed by atoms with E-state index in [2.05, 4.69) is 72.3 Å². The number of hydrogen-bond acceptors (Lipinski definition) is 3. The van der Waals surface area contributed by atoms with Crippen LogP contribution in [-0.2, 0) is 4.74 Å². The topological polar surface area (TPSA) is 57.7 Å². The van der Waals surface area contributed by atoms with Gasteiger partial charge in [0.2, 0.25) is 0 Å². The Labute approximate surface area is 186 Å². The second-order valence-electron chi connectivity index (χ2n) is 7.65. The lowest BCUT2D eigenvalue weighted by Crippen LogP contribution is -2.53. The largest absolute Gasteiger partial charge is 0.381 e. The van der Waals surface area contributed by atoms with Crippen LogP contribution in [0.4, 0.5) is 0 Å². The van der Waals surface area contributed by atoms with Crippen molar-refractivity contribution in [3.8, 4) is 0 Å². The molecular formula is C22H35IN4O. The van der Waals surface area contributed by atoms with Crippen LogP contribution in [-0.4, -0.2) is 43.8 Å². The highest BCUT2D eigenvalue weighted by atomic mass is 127. The van der Waals surface area contributed by atoms with Crippen molar-refractivity contribution in [2.45, 2.75) is 57.2 Å². The molecule has 0 aromatic heterocycles. The number of nitrogens with one attached hydrogen (secondary N) is 3. The van der Waals surface area contributed by atoms with E-state index in [1.807, 2.05) is 0 Å². The molecule has 0 spiro atoms. The number of guanidine groups is 1. The van der Waals surface area contributed by atoms with Gasteiger partial charge >= 0.3 is 0 Å². The van der Waals surface area contributed by atoms with Crippen LogP contribution in [0.5, 0.6) is 0 Å². The third kappa shape index (κ3) is 6.74. The Morgan fingerprint density at radius 1 is 1.18 bits per heavy atom. The van der Waals surface area contributed by atoms with E-state index in [-0.39, 0.29) is 35.6 Å². The molecule has 3 N–H and O–H groups in total. The minimum Gasteiger partial charge on any atom is -0.381 e. The number of rotatable bonds is 7. The van der Waals surface area contributed by atoms with Crippen molar-refractivity contribution in [3.05, 3.63) is 48.0 Å². The van der Waals surface area contributed by atoms with Crippen LogP contribution in [0.25, 0.3) is 0 Å². The van der Waals surface area contributed by atoms with Crippen LogP contribution in [0.2, 0.25) is 0 Å². The van der Waals surface area contributed by atoms with E-state index in [1.54, 1.807) is 0 Å². The molecule has 0 radical (unpaired) electrons. The molecule has 1 saturated heterocycles. The highest BCUT2D eigenvalue weighted by Gasteiger charge is 2.34. The summed E-state index contributed by atoms with van der Waals surface area (Å²) in [6, 6.07) is 11.4. The molecule has 1 aromatic carbocycles. The van der Waals surface area contributed by atoms with Crippen molar-refractivity contribution < 1.29 is 4.74 Å². The molecule has 1 atom stereocenters. The lowest BCUT2D eigenvalue weighted by atomic mass is 9.88. The molecular weight excluding hydrogens is 463 g/mol. The fourth-order valence-corrected chi connectivity index (χ4v) is 3.87. The van der Waals surface area contributed by atoms with Crippen LogP contribution >= 0.6 is 24.0 Å². The molecule has 1 aliphatic carbocycles. The Balaban J connectivity index is 0.00000280. The first-order valence-electron chi connectivity index (χ1n) is 10.3. The van der Waals surface area contributed by atoms with Crippen molar-refractivity contribution in [3.63, 3.8) is 0 Å². The SMILES string of the molecule is CCNC(=NCC1(NC(C)c2ccccc2)CCOCC1)NC1CC=CC1.I. The quantitative estimate of drug-likeness (QED) is 0.232. The first-order valence-corrected chi connectivity index (χ1v) is 10.3. The first kappa shape index (κ1) is 23.2. The maximum Gasteiger partial charge on any atom is 0.191 e.